The second kappa shape index (κ2) is 7.51. The van der Waals surface area contributed by atoms with Crippen molar-refractivity contribution in [2.75, 3.05) is 13.1 Å². The Morgan fingerprint density at radius 1 is 1.16 bits per heavy atom. The molecular weight excluding hydrogens is 318 g/mol. The van der Waals surface area contributed by atoms with E-state index in [1.807, 2.05) is 43.9 Å². The van der Waals surface area contributed by atoms with Crippen molar-refractivity contribution < 1.29 is 14.3 Å². The Balaban J connectivity index is 1.57. The zero-order valence-electron chi connectivity index (χ0n) is 14.8. The molecule has 2 aromatic rings. The maximum absolute atomic E-state index is 12.6. The minimum absolute atomic E-state index is 0.0113. The molecule has 1 unspecified atom stereocenters. The molecule has 1 atom stereocenters. The van der Waals surface area contributed by atoms with Crippen LogP contribution in [0.25, 0.3) is 0 Å². The first-order valence-electron chi connectivity index (χ1n) is 8.54. The van der Waals surface area contributed by atoms with Crippen LogP contribution < -0.4 is 9.47 Å². The highest BCUT2D eigenvalue weighted by atomic mass is 16.5. The lowest BCUT2D eigenvalue weighted by Crippen LogP contribution is -2.31. The van der Waals surface area contributed by atoms with E-state index in [0.29, 0.717) is 24.5 Å². The monoisotopic (exact) mass is 341 g/mol. The summed E-state index contributed by atoms with van der Waals surface area (Å²) >= 11 is 0. The smallest absolute Gasteiger partial charge is 0.253 e. The molecule has 1 saturated heterocycles. The number of carbonyl (C=O) groups is 1. The molecule has 0 radical (unpaired) electrons. The van der Waals surface area contributed by atoms with Crippen molar-refractivity contribution in [2.45, 2.75) is 39.4 Å². The van der Waals surface area contributed by atoms with Gasteiger partial charge in [0, 0.05) is 24.6 Å². The van der Waals surface area contributed by atoms with E-state index in [-0.39, 0.29) is 18.1 Å². The van der Waals surface area contributed by atoms with Crippen LogP contribution in [0.15, 0.2) is 36.4 Å². The molecule has 1 aromatic heterocycles. The van der Waals surface area contributed by atoms with Gasteiger partial charge in [0.2, 0.25) is 5.88 Å². The number of likely N-dealkylation sites (tertiary alicyclic amines) is 1. The van der Waals surface area contributed by atoms with Crippen LogP contribution >= 0.6 is 0 Å². The Kier molecular flexibility index (Phi) is 5.16. The SMILES string of the molecule is Cc1ccc(OC2CCN(C(=O)c3ccc(OC(C)C)cc3)C2)nn1. The highest BCUT2D eigenvalue weighted by molar-refractivity contribution is 5.94. The van der Waals surface area contributed by atoms with E-state index in [1.165, 1.54) is 0 Å². The van der Waals surface area contributed by atoms with Gasteiger partial charge in [-0.3, -0.25) is 4.79 Å². The summed E-state index contributed by atoms with van der Waals surface area (Å²) in [5.74, 6) is 1.28. The molecule has 132 valence electrons. The number of amides is 1. The van der Waals surface area contributed by atoms with Crippen LogP contribution in [-0.4, -0.2) is 46.3 Å². The van der Waals surface area contributed by atoms with Gasteiger partial charge < -0.3 is 14.4 Å². The molecule has 1 aromatic carbocycles. The molecular formula is C19H23N3O3. The van der Waals surface area contributed by atoms with Gasteiger partial charge in [-0.25, -0.2) is 0 Å². The van der Waals surface area contributed by atoms with Gasteiger partial charge in [0.05, 0.1) is 18.3 Å². The molecule has 0 aliphatic carbocycles. The summed E-state index contributed by atoms with van der Waals surface area (Å²) in [4.78, 5) is 14.4. The molecule has 3 rings (SSSR count). The van der Waals surface area contributed by atoms with Crippen LogP contribution in [0, 0.1) is 6.92 Å². The van der Waals surface area contributed by atoms with Gasteiger partial charge >= 0.3 is 0 Å². The maximum Gasteiger partial charge on any atom is 0.253 e. The number of aryl methyl sites for hydroxylation is 1. The van der Waals surface area contributed by atoms with Crippen LogP contribution in [-0.2, 0) is 0 Å². The van der Waals surface area contributed by atoms with E-state index in [0.717, 1.165) is 17.9 Å². The molecule has 0 N–H and O–H groups in total. The van der Waals surface area contributed by atoms with Gasteiger partial charge in [0.15, 0.2) is 0 Å². The average molecular weight is 341 g/mol. The number of hydrogen-bond donors (Lipinski definition) is 0. The molecule has 2 heterocycles. The summed E-state index contributed by atoms with van der Waals surface area (Å²) < 4.78 is 11.4. The molecule has 0 bridgehead atoms. The van der Waals surface area contributed by atoms with Crippen molar-refractivity contribution in [1.82, 2.24) is 15.1 Å². The van der Waals surface area contributed by atoms with Crippen molar-refractivity contribution in [1.29, 1.82) is 0 Å². The number of rotatable bonds is 5. The zero-order valence-corrected chi connectivity index (χ0v) is 14.8. The summed E-state index contributed by atoms with van der Waals surface area (Å²) in [6.45, 7) is 7.06. The fourth-order valence-corrected chi connectivity index (χ4v) is 2.76. The van der Waals surface area contributed by atoms with Crippen LogP contribution in [0.1, 0.15) is 36.3 Å². The van der Waals surface area contributed by atoms with Crippen LogP contribution in [0.2, 0.25) is 0 Å². The Morgan fingerprint density at radius 3 is 2.56 bits per heavy atom. The standard InChI is InChI=1S/C19H23N3O3/c1-13(2)24-16-7-5-15(6-8-16)19(23)22-11-10-17(12-22)25-18-9-4-14(3)20-21-18/h4-9,13,17H,10-12H2,1-3H3. The van der Waals surface area contributed by atoms with Crippen molar-refractivity contribution in [3.63, 3.8) is 0 Å². The lowest BCUT2D eigenvalue weighted by atomic mass is 10.2. The third kappa shape index (κ3) is 4.47. The van der Waals surface area contributed by atoms with E-state index < -0.39 is 0 Å². The van der Waals surface area contributed by atoms with E-state index in [9.17, 15) is 4.79 Å². The Hall–Kier alpha value is -2.63. The topological polar surface area (TPSA) is 64.5 Å². The number of hydrogen-bond acceptors (Lipinski definition) is 5. The van der Waals surface area contributed by atoms with E-state index >= 15 is 0 Å². The number of ether oxygens (including phenoxy) is 2. The number of aromatic nitrogens is 2. The molecule has 1 amide bonds. The fourth-order valence-electron chi connectivity index (χ4n) is 2.76. The molecule has 6 heteroatoms. The van der Waals surface area contributed by atoms with Crippen molar-refractivity contribution in [2.24, 2.45) is 0 Å². The molecule has 6 nitrogen and oxygen atoms in total. The quantitative estimate of drug-likeness (QED) is 0.837. The molecule has 1 fully saturated rings. The first-order chi connectivity index (χ1) is 12.0. The Bertz CT molecular complexity index is 714. The van der Waals surface area contributed by atoms with E-state index in [1.54, 1.807) is 18.2 Å². The van der Waals surface area contributed by atoms with Crippen molar-refractivity contribution in [3.8, 4) is 11.6 Å². The summed E-state index contributed by atoms with van der Waals surface area (Å²) in [5.41, 5.74) is 1.51. The lowest BCUT2D eigenvalue weighted by molar-refractivity contribution is 0.0771. The minimum atomic E-state index is -0.0514. The normalized spacial score (nSPS) is 17.0. The van der Waals surface area contributed by atoms with Gasteiger partial charge in [-0.05, 0) is 51.1 Å². The van der Waals surface area contributed by atoms with Gasteiger partial charge in [-0.15, -0.1) is 5.10 Å². The largest absolute Gasteiger partial charge is 0.491 e. The summed E-state index contributed by atoms with van der Waals surface area (Å²) in [5, 5.41) is 8.00. The van der Waals surface area contributed by atoms with Gasteiger partial charge in [0.1, 0.15) is 11.9 Å². The molecule has 0 spiro atoms. The van der Waals surface area contributed by atoms with Crippen LogP contribution in [0.4, 0.5) is 0 Å². The van der Waals surface area contributed by atoms with Gasteiger partial charge in [-0.2, -0.15) is 5.10 Å². The summed E-state index contributed by atoms with van der Waals surface area (Å²) in [7, 11) is 0. The average Bonchev–Trinajstić information content (AvgIpc) is 3.05. The number of carbonyl (C=O) groups excluding carboxylic acids is 1. The first kappa shape index (κ1) is 17.2. The minimum Gasteiger partial charge on any atom is -0.491 e. The summed E-state index contributed by atoms with van der Waals surface area (Å²) in [6.07, 6.45) is 0.850. The van der Waals surface area contributed by atoms with Crippen LogP contribution in [0.3, 0.4) is 0 Å². The molecule has 0 saturated carbocycles. The second-order valence-corrected chi connectivity index (χ2v) is 6.48. The zero-order chi connectivity index (χ0) is 17.8. The third-order valence-electron chi connectivity index (χ3n) is 3.97. The van der Waals surface area contributed by atoms with E-state index in [4.69, 9.17) is 9.47 Å². The summed E-state index contributed by atoms with van der Waals surface area (Å²) in [6, 6.07) is 10.9. The molecule has 1 aliphatic heterocycles. The van der Waals surface area contributed by atoms with Gasteiger partial charge in [0.25, 0.3) is 5.91 Å². The Morgan fingerprint density at radius 2 is 1.92 bits per heavy atom. The van der Waals surface area contributed by atoms with E-state index in [2.05, 4.69) is 10.2 Å². The molecule has 25 heavy (non-hydrogen) atoms. The first-order valence-corrected chi connectivity index (χ1v) is 8.54. The Labute approximate surface area is 147 Å². The predicted molar refractivity (Wildman–Crippen MR) is 93.9 cm³/mol. The van der Waals surface area contributed by atoms with Crippen LogP contribution in [0.5, 0.6) is 11.6 Å². The van der Waals surface area contributed by atoms with Crippen molar-refractivity contribution >= 4 is 5.91 Å². The number of nitrogens with zero attached hydrogens (tertiary/aromatic N) is 3. The maximum atomic E-state index is 12.6. The van der Waals surface area contributed by atoms with Gasteiger partial charge in [-0.1, -0.05) is 0 Å². The predicted octanol–water partition coefficient (Wildman–Crippen LogP) is 2.87. The third-order valence-corrected chi connectivity index (χ3v) is 3.97. The number of benzene rings is 1. The second-order valence-electron chi connectivity index (χ2n) is 6.48. The highest BCUT2D eigenvalue weighted by Crippen LogP contribution is 2.20. The highest BCUT2D eigenvalue weighted by Gasteiger charge is 2.28. The lowest BCUT2D eigenvalue weighted by Gasteiger charge is -2.17. The van der Waals surface area contributed by atoms with Crippen molar-refractivity contribution in [3.05, 3.63) is 47.7 Å². The molecule has 1 aliphatic rings. The fraction of sp³-hybridized carbons (Fsp3) is 0.421.